The van der Waals surface area contributed by atoms with Crippen molar-refractivity contribution in [3.05, 3.63) is 35.4 Å². The van der Waals surface area contributed by atoms with Crippen molar-refractivity contribution >= 4 is 11.7 Å². The molecule has 1 heterocycles. The zero-order valence-corrected chi connectivity index (χ0v) is 9.25. The second kappa shape index (κ2) is 4.44. The van der Waals surface area contributed by atoms with Crippen molar-refractivity contribution in [2.75, 3.05) is 0 Å². The largest absolute Gasteiger partial charge is 0.416 e. The lowest BCUT2D eigenvalue weighted by atomic mass is 9.95. The molecule has 3 nitrogen and oxygen atoms in total. The monoisotopic (exact) mass is 257 g/mol. The van der Waals surface area contributed by atoms with E-state index in [0.29, 0.717) is 5.56 Å². The first-order chi connectivity index (χ1) is 8.38. The van der Waals surface area contributed by atoms with E-state index in [1.807, 2.05) is 0 Å². The molecule has 6 heteroatoms. The lowest BCUT2D eigenvalue weighted by molar-refractivity contribution is -0.137. The molecule has 0 aromatic heterocycles. The molecule has 1 fully saturated rings. The van der Waals surface area contributed by atoms with Gasteiger partial charge in [-0.05, 0) is 17.7 Å². The van der Waals surface area contributed by atoms with Gasteiger partial charge in [0.1, 0.15) is 6.04 Å². The minimum absolute atomic E-state index is 0.123. The maximum absolute atomic E-state index is 12.4. The number of alkyl halides is 3. The van der Waals surface area contributed by atoms with Gasteiger partial charge in [0.2, 0.25) is 5.91 Å². The first kappa shape index (κ1) is 12.6. The van der Waals surface area contributed by atoms with E-state index in [9.17, 15) is 22.8 Å². The Labute approximate surface area is 101 Å². The second-order valence-corrected chi connectivity index (χ2v) is 4.09. The maximum atomic E-state index is 12.4. The fraction of sp³-hybridized carbons (Fsp3) is 0.333. The van der Waals surface area contributed by atoms with Gasteiger partial charge >= 0.3 is 6.18 Å². The zero-order valence-electron chi connectivity index (χ0n) is 9.25. The van der Waals surface area contributed by atoms with Gasteiger partial charge in [-0.3, -0.25) is 9.59 Å². The number of nitrogens with one attached hydrogen (secondary N) is 1. The van der Waals surface area contributed by atoms with Crippen LogP contribution in [0, 0.1) is 0 Å². The van der Waals surface area contributed by atoms with Crippen molar-refractivity contribution in [2.24, 2.45) is 0 Å². The van der Waals surface area contributed by atoms with Crippen molar-refractivity contribution in [1.82, 2.24) is 5.32 Å². The fourth-order valence-corrected chi connectivity index (χ4v) is 1.83. The highest BCUT2D eigenvalue weighted by molar-refractivity contribution is 5.95. The number of carbonyl (C=O) groups excluding carboxylic acids is 2. The highest BCUT2D eigenvalue weighted by atomic mass is 19.4. The summed E-state index contributed by atoms with van der Waals surface area (Å²) in [5.74, 6) is -0.450. The van der Waals surface area contributed by atoms with Crippen LogP contribution in [0.2, 0.25) is 0 Å². The van der Waals surface area contributed by atoms with E-state index < -0.39 is 17.8 Å². The minimum Gasteiger partial charge on any atom is -0.342 e. The van der Waals surface area contributed by atoms with E-state index in [1.165, 1.54) is 12.1 Å². The Kier molecular flexibility index (Phi) is 3.11. The summed E-state index contributed by atoms with van der Waals surface area (Å²) in [6, 6.07) is 3.43. The molecular formula is C12H10F3NO2. The van der Waals surface area contributed by atoms with E-state index >= 15 is 0 Å². The number of hydrogen-bond donors (Lipinski definition) is 1. The average Bonchev–Trinajstić information content (AvgIpc) is 2.31. The molecule has 0 aliphatic carbocycles. The molecule has 1 atom stereocenters. The van der Waals surface area contributed by atoms with Gasteiger partial charge in [0.15, 0.2) is 5.78 Å². The van der Waals surface area contributed by atoms with E-state index in [0.717, 1.165) is 12.1 Å². The van der Waals surface area contributed by atoms with Gasteiger partial charge in [0.25, 0.3) is 0 Å². The molecular weight excluding hydrogens is 247 g/mol. The highest BCUT2D eigenvalue weighted by Gasteiger charge is 2.32. The minimum atomic E-state index is -4.40. The number of piperidine rings is 1. The third-order valence-electron chi connectivity index (χ3n) is 2.80. The molecule has 0 bridgehead atoms. The molecule has 1 aromatic carbocycles. The molecule has 1 N–H and O–H groups in total. The molecule has 1 saturated heterocycles. The van der Waals surface area contributed by atoms with E-state index in [4.69, 9.17) is 0 Å². The molecule has 96 valence electrons. The smallest absolute Gasteiger partial charge is 0.342 e. The van der Waals surface area contributed by atoms with Gasteiger partial charge < -0.3 is 5.32 Å². The summed E-state index contributed by atoms with van der Waals surface area (Å²) in [5.41, 5.74) is -0.401. The third-order valence-corrected chi connectivity index (χ3v) is 2.80. The van der Waals surface area contributed by atoms with Crippen LogP contribution in [0.4, 0.5) is 13.2 Å². The summed E-state index contributed by atoms with van der Waals surface area (Å²) in [4.78, 5) is 22.8. The predicted molar refractivity (Wildman–Crippen MR) is 56.6 cm³/mol. The molecule has 0 saturated carbocycles. The van der Waals surface area contributed by atoms with Gasteiger partial charge in [-0.1, -0.05) is 12.1 Å². The summed E-state index contributed by atoms with van der Waals surface area (Å²) < 4.78 is 37.1. The van der Waals surface area contributed by atoms with Crippen molar-refractivity contribution in [3.63, 3.8) is 0 Å². The summed E-state index contributed by atoms with van der Waals surface area (Å²) in [6.07, 6.45) is -4.15. The maximum Gasteiger partial charge on any atom is 0.416 e. The molecule has 0 radical (unpaired) electrons. The van der Waals surface area contributed by atoms with E-state index in [-0.39, 0.29) is 24.5 Å². The van der Waals surface area contributed by atoms with Crippen LogP contribution in [0.5, 0.6) is 0 Å². The first-order valence-electron chi connectivity index (χ1n) is 5.37. The molecule has 1 unspecified atom stereocenters. The Morgan fingerprint density at radius 3 is 2.22 bits per heavy atom. The first-order valence-corrected chi connectivity index (χ1v) is 5.37. The van der Waals surface area contributed by atoms with Crippen molar-refractivity contribution < 1.29 is 22.8 Å². The van der Waals surface area contributed by atoms with Crippen molar-refractivity contribution in [1.29, 1.82) is 0 Å². The molecule has 1 aliphatic heterocycles. The van der Waals surface area contributed by atoms with E-state index in [1.54, 1.807) is 0 Å². The van der Waals surface area contributed by atoms with Crippen LogP contribution in [0.3, 0.4) is 0 Å². The Balaban J connectivity index is 2.23. The lowest BCUT2D eigenvalue weighted by Gasteiger charge is -2.22. The van der Waals surface area contributed by atoms with Crippen LogP contribution in [0.25, 0.3) is 0 Å². The number of benzene rings is 1. The Morgan fingerprint density at radius 2 is 1.67 bits per heavy atom. The van der Waals surface area contributed by atoms with Gasteiger partial charge in [0.05, 0.1) is 5.56 Å². The predicted octanol–water partition coefficient (Wildman–Crippen LogP) is 2.23. The standard InChI is InChI=1S/C12H10F3NO2/c13-12(14,15)8-3-1-7(2-4-8)11-9(17)5-6-10(18)16-11/h1-4,11H,5-6H2,(H,16,18). The topological polar surface area (TPSA) is 46.2 Å². The van der Waals surface area contributed by atoms with Crippen LogP contribution in [0.1, 0.15) is 30.0 Å². The Hall–Kier alpha value is -1.85. The van der Waals surface area contributed by atoms with Gasteiger partial charge in [-0.25, -0.2) is 0 Å². The van der Waals surface area contributed by atoms with Crippen LogP contribution >= 0.6 is 0 Å². The SMILES string of the molecule is O=C1CCC(=O)C(c2ccc(C(F)(F)F)cc2)N1. The fourth-order valence-electron chi connectivity index (χ4n) is 1.83. The second-order valence-electron chi connectivity index (χ2n) is 4.09. The van der Waals surface area contributed by atoms with Crippen molar-refractivity contribution in [2.45, 2.75) is 25.1 Å². The van der Waals surface area contributed by atoms with Crippen LogP contribution in [-0.4, -0.2) is 11.7 Å². The number of rotatable bonds is 1. The molecule has 18 heavy (non-hydrogen) atoms. The van der Waals surface area contributed by atoms with Gasteiger partial charge in [0, 0.05) is 12.8 Å². The van der Waals surface area contributed by atoms with Gasteiger partial charge in [-0.2, -0.15) is 13.2 Å². The lowest BCUT2D eigenvalue weighted by Crippen LogP contribution is -2.38. The molecule has 0 spiro atoms. The molecule has 1 aromatic rings. The van der Waals surface area contributed by atoms with Crippen LogP contribution in [-0.2, 0) is 15.8 Å². The summed E-state index contributed by atoms with van der Waals surface area (Å²) in [7, 11) is 0. The van der Waals surface area contributed by atoms with Crippen molar-refractivity contribution in [3.8, 4) is 0 Å². The quantitative estimate of drug-likeness (QED) is 0.838. The van der Waals surface area contributed by atoms with Gasteiger partial charge in [-0.15, -0.1) is 0 Å². The summed E-state index contributed by atoms with van der Waals surface area (Å²) in [6.45, 7) is 0. The number of halogens is 3. The van der Waals surface area contributed by atoms with Crippen LogP contribution < -0.4 is 5.32 Å². The summed E-state index contributed by atoms with van der Waals surface area (Å²) in [5, 5.41) is 2.47. The zero-order chi connectivity index (χ0) is 13.3. The highest BCUT2D eigenvalue weighted by Crippen LogP contribution is 2.30. The number of amides is 1. The average molecular weight is 257 g/mol. The molecule has 2 rings (SSSR count). The summed E-state index contributed by atoms with van der Waals surface area (Å²) >= 11 is 0. The number of hydrogen-bond acceptors (Lipinski definition) is 2. The van der Waals surface area contributed by atoms with Crippen LogP contribution in [0.15, 0.2) is 24.3 Å². The Bertz CT molecular complexity index is 479. The normalized spacial score (nSPS) is 20.7. The number of carbonyl (C=O) groups is 2. The van der Waals surface area contributed by atoms with E-state index in [2.05, 4.69) is 5.32 Å². The number of Topliss-reactive ketones (excluding diaryl/α,β-unsaturated/α-hetero) is 1. The number of ketones is 1. The molecule has 1 aliphatic rings. The molecule has 1 amide bonds. The third kappa shape index (κ3) is 2.52. The Morgan fingerprint density at radius 1 is 1.06 bits per heavy atom.